The van der Waals surface area contributed by atoms with Gasteiger partial charge in [-0.05, 0) is 75.9 Å². The fraction of sp³-hybridized carbons (Fsp3) is 0.394. The molecule has 2 amide bonds. The third kappa shape index (κ3) is 7.31. The van der Waals surface area contributed by atoms with Gasteiger partial charge < -0.3 is 15.0 Å². The summed E-state index contributed by atoms with van der Waals surface area (Å²) in [5.74, 6) is -0.421. The van der Waals surface area contributed by atoms with E-state index >= 15 is 0 Å². The molecule has 1 fully saturated rings. The Labute approximate surface area is 249 Å². The summed E-state index contributed by atoms with van der Waals surface area (Å²) in [5, 5.41) is 3.10. The van der Waals surface area contributed by atoms with Crippen molar-refractivity contribution < 1.29 is 22.7 Å². The van der Waals surface area contributed by atoms with Gasteiger partial charge in [0.15, 0.2) is 0 Å². The lowest BCUT2D eigenvalue weighted by Gasteiger charge is -2.33. The molecule has 3 aromatic rings. The molecule has 1 aliphatic rings. The van der Waals surface area contributed by atoms with Gasteiger partial charge in [-0.15, -0.1) is 0 Å². The van der Waals surface area contributed by atoms with Crippen LogP contribution in [-0.4, -0.2) is 50.9 Å². The maximum absolute atomic E-state index is 14.2. The van der Waals surface area contributed by atoms with Crippen molar-refractivity contribution in [3.8, 4) is 5.75 Å². The van der Waals surface area contributed by atoms with Crippen LogP contribution in [0.3, 0.4) is 0 Å². The van der Waals surface area contributed by atoms with Gasteiger partial charge in [0.2, 0.25) is 11.8 Å². The first-order valence-corrected chi connectivity index (χ1v) is 15.8. The zero-order chi connectivity index (χ0) is 30.4. The van der Waals surface area contributed by atoms with Crippen molar-refractivity contribution in [2.75, 3.05) is 18.0 Å². The van der Waals surface area contributed by atoms with Crippen molar-refractivity contribution >= 4 is 27.5 Å². The van der Waals surface area contributed by atoms with E-state index in [0.29, 0.717) is 5.75 Å². The fourth-order valence-electron chi connectivity index (χ4n) is 5.33. The van der Waals surface area contributed by atoms with Gasteiger partial charge in [-0.1, -0.05) is 66.4 Å². The number of sulfonamides is 1. The number of benzene rings is 3. The van der Waals surface area contributed by atoms with E-state index in [2.05, 4.69) is 5.32 Å². The molecule has 224 valence electrons. The van der Waals surface area contributed by atoms with E-state index in [1.165, 1.54) is 24.1 Å². The summed E-state index contributed by atoms with van der Waals surface area (Å²) in [6.45, 7) is 7.03. The monoisotopic (exact) mass is 591 g/mol. The van der Waals surface area contributed by atoms with Gasteiger partial charge in [-0.3, -0.25) is 13.9 Å². The predicted octanol–water partition coefficient (Wildman–Crippen LogP) is 5.29. The number of nitrogens with one attached hydrogen (secondary N) is 1. The lowest BCUT2D eigenvalue weighted by Crippen LogP contribution is -2.52. The van der Waals surface area contributed by atoms with Crippen molar-refractivity contribution in [1.82, 2.24) is 10.2 Å². The van der Waals surface area contributed by atoms with Gasteiger partial charge in [0.25, 0.3) is 10.0 Å². The topological polar surface area (TPSA) is 96.0 Å². The molecular formula is C33H41N3O5S. The molecule has 0 unspecified atom stereocenters. The first-order chi connectivity index (χ1) is 20.0. The Kier molecular flexibility index (Phi) is 9.93. The van der Waals surface area contributed by atoms with Crippen LogP contribution in [0.5, 0.6) is 5.75 Å². The molecule has 1 aliphatic carbocycles. The Hall–Kier alpha value is -3.85. The minimum Gasteiger partial charge on any atom is -0.495 e. The molecule has 0 saturated heterocycles. The first-order valence-electron chi connectivity index (χ1n) is 14.4. The molecule has 0 bridgehead atoms. The maximum Gasteiger partial charge on any atom is 0.264 e. The SMILES string of the molecule is COc1ccc(C)cc1N(CC(=O)N(Cc1cccc(C)c1)[C@H](C)C(=O)NC1CCCC1)S(=O)(=O)c1ccc(C)cc1. The standard InChI is InChI=1S/C33H41N3O5S/c1-23-13-16-29(17-14-23)42(39,40)36(30-20-25(3)15-18-31(30)41-5)22-32(37)35(21-27-10-8-9-24(2)19-27)26(4)33(38)34-28-11-6-7-12-28/h8-10,13-20,26,28H,6-7,11-12,21-22H2,1-5H3,(H,34,38)/t26-/m1/s1. The van der Waals surface area contributed by atoms with Crippen molar-refractivity contribution in [3.05, 3.63) is 89.0 Å². The number of hydrogen-bond donors (Lipinski definition) is 1. The van der Waals surface area contributed by atoms with Gasteiger partial charge in [-0.25, -0.2) is 8.42 Å². The van der Waals surface area contributed by atoms with Crippen molar-refractivity contribution in [2.45, 2.75) is 76.9 Å². The zero-order valence-electron chi connectivity index (χ0n) is 25.1. The number of carbonyl (C=O) groups excluding carboxylic acids is 2. The number of rotatable bonds is 11. The minimum atomic E-state index is -4.19. The van der Waals surface area contributed by atoms with Crippen LogP contribution >= 0.6 is 0 Å². The molecule has 8 nitrogen and oxygen atoms in total. The average Bonchev–Trinajstić information content (AvgIpc) is 3.47. The van der Waals surface area contributed by atoms with E-state index in [1.54, 1.807) is 31.2 Å². The largest absolute Gasteiger partial charge is 0.495 e. The number of amides is 2. The van der Waals surface area contributed by atoms with Gasteiger partial charge >= 0.3 is 0 Å². The lowest BCUT2D eigenvalue weighted by molar-refractivity contribution is -0.139. The second-order valence-corrected chi connectivity index (χ2v) is 13.0. The number of ether oxygens (including phenoxy) is 1. The van der Waals surface area contributed by atoms with Crippen LogP contribution in [0.15, 0.2) is 71.6 Å². The van der Waals surface area contributed by atoms with E-state index in [4.69, 9.17) is 4.74 Å². The Morgan fingerprint density at radius 3 is 2.21 bits per heavy atom. The van der Waals surface area contributed by atoms with E-state index < -0.39 is 28.5 Å². The molecule has 42 heavy (non-hydrogen) atoms. The van der Waals surface area contributed by atoms with Gasteiger partial charge in [0.1, 0.15) is 18.3 Å². The third-order valence-electron chi connectivity index (χ3n) is 7.80. The molecule has 9 heteroatoms. The van der Waals surface area contributed by atoms with Gasteiger partial charge in [0.05, 0.1) is 17.7 Å². The number of methoxy groups -OCH3 is 1. The van der Waals surface area contributed by atoms with Gasteiger partial charge in [0, 0.05) is 12.6 Å². The maximum atomic E-state index is 14.2. The summed E-state index contributed by atoms with van der Waals surface area (Å²) in [6.07, 6.45) is 3.96. The minimum absolute atomic E-state index is 0.0571. The molecule has 4 rings (SSSR count). The molecule has 0 heterocycles. The summed E-state index contributed by atoms with van der Waals surface area (Å²) >= 11 is 0. The van der Waals surface area contributed by atoms with Gasteiger partial charge in [-0.2, -0.15) is 0 Å². The van der Waals surface area contributed by atoms with E-state index in [1.807, 2.05) is 51.1 Å². The number of hydrogen-bond acceptors (Lipinski definition) is 5. The first kappa shape index (κ1) is 31.1. The van der Waals surface area contributed by atoms with Crippen LogP contribution in [0.2, 0.25) is 0 Å². The number of anilines is 1. The highest BCUT2D eigenvalue weighted by Gasteiger charge is 2.34. The summed E-state index contributed by atoms with van der Waals surface area (Å²) in [5.41, 5.74) is 3.85. The highest BCUT2D eigenvalue weighted by molar-refractivity contribution is 7.92. The predicted molar refractivity (Wildman–Crippen MR) is 165 cm³/mol. The Bertz CT molecular complexity index is 1510. The lowest BCUT2D eigenvalue weighted by atomic mass is 10.1. The van der Waals surface area contributed by atoms with E-state index in [0.717, 1.165) is 52.2 Å². The zero-order valence-corrected chi connectivity index (χ0v) is 25.9. The van der Waals surface area contributed by atoms with Crippen LogP contribution < -0.4 is 14.4 Å². The summed E-state index contributed by atoms with van der Waals surface area (Å²) < 4.78 is 34.9. The summed E-state index contributed by atoms with van der Waals surface area (Å²) in [7, 11) is -2.72. The molecule has 0 aromatic heterocycles. The summed E-state index contributed by atoms with van der Waals surface area (Å²) in [6, 6.07) is 18.7. The van der Waals surface area contributed by atoms with E-state index in [-0.39, 0.29) is 29.1 Å². The highest BCUT2D eigenvalue weighted by Crippen LogP contribution is 2.34. The second kappa shape index (κ2) is 13.4. The van der Waals surface area contributed by atoms with Crippen LogP contribution in [-0.2, 0) is 26.2 Å². The molecule has 0 spiro atoms. The number of carbonyl (C=O) groups is 2. The summed E-state index contributed by atoms with van der Waals surface area (Å²) in [4.78, 5) is 29.1. The number of nitrogens with zero attached hydrogens (tertiary/aromatic N) is 2. The van der Waals surface area contributed by atoms with E-state index in [9.17, 15) is 18.0 Å². The quantitative estimate of drug-likeness (QED) is 0.327. The van der Waals surface area contributed by atoms with Crippen LogP contribution in [0, 0.1) is 20.8 Å². The second-order valence-electron chi connectivity index (χ2n) is 11.2. The molecule has 1 atom stereocenters. The van der Waals surface area contributed by atoms with Crippen molar-refractivity contribution in [1.29, 1.82) is 0 Å². The smallest absolute Gasteiger partial charge is 0.264 e. The Morgan fingerprint density at radius 2 is 1.57 bits per heavy atom. The Balaban J connectivity index is 1.74. The third-order valence-corrected chi connectivity index (χ3v) is 9.57. The molecular weight excluding hydrogens is 550 g/mol. The Morgan fingerprint density at radius 1 is 0.929 bits per heavy atom. The molecule has 1 saturated carbocycles. The number of aryl methyl sites for hydroxylation is 3. The van der Waals surface area contributed by atoms with Crippen LogP contribution in [0.1, 0.15) is 54.9 Å². The average molecular weight is 592 g/mol. The molecule has 1 N–H and O–H groups in total. The normalized spacial score (nSPS) is 14.3. The fourth-order valence-corrected chi connectivity index (χ4v) is 6.74. The van der Waals surface area contributed by atoms with Crippen molar-refractivity contribution in [3.63, 3.8) is 0 Å². The molecule has 0 aliphatic heterocycles. The molecule has 0 radical (unpaired) electrons. The molecule has 3 aromatic carbocycles. The van der Waals surface area contributed by atoms with Crippen molar-refractivity contribution in [2.24, 2.45) is 0 Å². The van der Waals surface area contributed by atoms with Crippen LogP contribution in [0.25, 0.3) is 0 Å². The highest BCUT2D eigenvalue weighted by atomic mass is 32.2. The van der Waals surface area contributed by atoms with Crippen LogP contribution in [0.4, 0.5) is 5.69 Å².